The molecule has 4 rings (SSSR count). The molecule has 1 aliphatic heterocycles. The predicted octanol–water partition coefficient (Wildman–Crippen LogP) is 4.96. The number of hydrogen-bond acceptors (Lipinski definition) is 5. The van der Waals surface area contributed by atoms with E-state index in [0.29, 0.717) is 6.04 Å². The minimum atomic E-state index is 0.542. The van der Waals surface area contributed by atoms with E-state index in [1.54, 1.807) is 6.33 Å². The molecule has 1 saturated carbocycles. The molecule has 0 amide bonds. The number of hydrogen-bond donors (Lipinski definition) is 2. The first-order valence-corrected chi connectivity index (χ1v) is 10.1. The van der Waals surface area contributed by atoms with E-state index in [0.717, 1.165) is 17.3 Å². The van der Waals surface area contributed by atoms with Crippen LogP contribution in [0.25, 0.3) is 0 Å². The van der Waals surface area contributed by atoms with E-state index in [4.69, 9.17) is 0 Å². The molecule has 1 aliphatic carbocycles. The van der Waals surface area contributed by atoms with Crippen molar-refractivity contribution in [1.82, 2.24) is 9.97 Å². The Bertz CT molecular complexity index is 686. The fourth-order valence-corrected chi connectivity index (χ4v) is 4.02. The minimum absolute atomic E-state index is 0.542. The van der Waals surface area contributed by atoms with Crippen molar-refractivity contribution < 1.29 is 0 Å². The van der Waals surface area contributed by atoms with Crippen molar-refractivity contribution in [1.29, 1.82) is 0 Å². The zero-order valence-electron chi connectivity index (χ0n) is 15.5. The molecule has 5 heteroatoms. The molecule has 26 heavy (non-hydrogen) atoms. The van der Waals surface area contributed by atoms with E-state index in [1.807, 2.05) is 6.07 Å². The maximum atomic E-state index is 4.40. The van der Waals surface area contributed by atoms with E-state index >= 15 is 0 Å². The van der Waals surface area contributed by atoms with Gasteiger partial charge >= 0.3 is 0 Å². The molecule has 2 heterocycles. The van der Waals surface area contributed by atoms with Crippen LogP contribution in [0, 0.1) is 0 Å². The normalized spacial score (nSPS) is 18.5. The topological polar surface area (TPSA) is 53.1 Å². The molecule has 0 spiro atoms. The second-order valence-electron chi connectivity index (χ2n) is 7.49. The van der Waals surface area contributed by atoms with Gasteiger partial charge in [0.1, 0.15) is 18.0 Å². The Morgan fingerprint density at radius 1 is 0.808 bits per heavy atom. The highest BCUT2D eigenvalue weighted by molar-refractivity contribution is 5.62. The molecule has 1 aromatic heterocycles. The summed E-state index contributed by atoms with van der Waals surface area (Å²) in [7, 11) is 0. The standard InChI is InChI=1S/C21H29N5/c1-2-4-8-17(7-3-1)24-20-15-21(23-16-22-20)25-18-9-11-19(12-10-18)26-13-5-6-14-26/h9-12,15-17H,1-8,13-14H2,(H2,22,23,24,25). The van der Waals surface area contributed by atoms with E-state index in [-0.39, 0.29) is 0 Å². The van der Waals surface area contributed by atoms with Gasteiger partial charge < -0.3 is 15.5 Å². The summed E-state index contributed by atoms with van der Waals surface area (Å²) in [6, 6.07) is 11.2. The van der Waals surface area contributed by atoms with Crippen LogP contribution in [0.2, 0.25) is 0 Å². The van der Waals surface area contributed by atoms with Crippen LogP contribution in [0.3, 0.4) is 0 Å². The van der Waals surface area contributed by atoms with Gasteiger partial charge in [0.2, 0.25) is 0 Å². The molecule has 2 aromatic rings. The first-order valence-electron chi connectivity index (χ1n) is 10.1. The van der Waals surface area contributed by atoms with Crippen LogP contribution < -0.4 is 15.5 Å². The van der Waals surface area contributed by atoms with E-state index in [2.05, 4.69) is 49.8 Å². The van der Waals surface area contributed by atoms with Gasteiger partial charge in [-0.05, 0) is 49.9 Å². The van der Waals surface area contributed by atoms with Gasteiger partial charge in [-0.3, -0.25) is 0 Å². The highest BCUT2D eigenvalue weighted by atomic mass is 15.1. The monoisotopic (exact) mass is 351 g/mol. The smallest absolute Gasteiger partial charge is 0.135 e. The van der Waals surface area contributed by atoms with Crippen LogP contribution in [-0.4, -0.2) is 29.1 Å². The van der Waals surface area contributed by atoms with Crippen LogP contribution >= 0.6 is 0 Å². The zero-order chi connectivity index (χ0) is 17.6. The quantitative estimate of drug-likeness (QED) is 0.746. The fourth-order valence-electron chi connectivity index (χ4n) is 4.02. The molecule has 0 atom stereocenters. The molecule has 1 saturated heterocycles. The van der Waals surface area contributed by atoms with Crippen molar-refractivity contribution in [2.24, 2.45) is 0 Å². The minimum Gasteiger partial charge on any atom is -0.372 e. The molecule has 2 aliphatic rings. The molecule has 138 valence electrons. The van der Waals surface area contributed by atoms with E-state index in [9.17, 15) is 0 Å². The van der Waals surface area contributed by atoms with Gasteiger partial charge in [0.05, 0.1) is 0 Å². The third kappa shape index (κ3) is 4.45. The van der Waals surface area contributed by atoms with Gasteiger partial charge in [0.25, 0.3) is 0 Å². The molecule has 0 radical (unpaired) electrons. The van der Waals surface area contributed by atoms with Crippen molar-refractivity contribution in [3.05, 3.63) is 36.7 Å². The number of benzene rings is 1. The summed E-state index contributed by atoms with van der Waals surface area (Å²) in [6.07, 6.45) is 12.1. The lowest BCUT2D eigenvalue weighted by Crippen LogP contribution is -2.19. The van der Waals surface area contributed by atoms with Crippen molar-refractivity contribution in [2.75, 3.05) is 28.6 Å². The highest BCUT2D eigenvalue weighted by Crippen LogP contribution is 2.25. The van der Waals surface area contributed by atoms with E-state index in [1.165, 1.54) is 70.1 Å². The second-order valence-corrected chi connectivity index (χ2v) is 7.49. The van der Waals surface area contributed by atoms with Gasteiger partial charge in [-0.2, -0.15) is 0 Å². The van der Waals surface area contributed by atoms with Crippen molar-refractivity contribution in [3.8, 4) is 0 Å². The summed E-state index contributed by atoms with van der Waals surface area (Å²) in [5.41, 5.74) is 2.37. The molecule has 2 fully saturated rings. The van der Waals surface area contributed by atoms with Crippen LogP contribution in [-0.2, 0) is 0 Å². The first-order chi connectivity index (χ1) is 12.9. The Kier molecular flexibility index (Phi) is 5.53. The lowest BCUT2D eigenvalue weighted by Gasteiger charge is -2.18. The van der Waals surface area contributed by atoms with Crippen LogP contribution in [0.1, 0.15) is 51.4 Å². The Labute approximate surface area is 156 Å². The lowest BCUT2D eigenvalue weighted by atomic mass is 10.1. The third-order valence-corrected chi connectivity index (χ3v) is 5.49. The number of nitrogens with one attached hydrogen (secondary N) is 2. The summed E-state index contributed by atoms with van der Waals surface area (Å²) in [5, 5.41) is 7.00. The summed E-state index contributed by atoms with van der Waals surface area (Å²) < 4.78 is 0. The first kappa shape index (κ1) is 17.1. The Morgan fingerprint density at radius 3 is 2.23 bits per heavy atom. The largest absolute Gasteiger partial charge is 0.372 e. The average Bonchev–Trinajstić information content (AvgIpc) is 3.08. The third-order valence-electron chi connectivity index (χ3n) is 5.49. The summed E-state index contributed by atoms with van der Waals surface area (Å²) in [6.45, 7) is 2.35. The molecular weight excluding hydrogens is 322 g/mol. The van der Waals surface area contributed by atoms with Crippen LogP contribution in [0.15, 0.2) is 36.7 Å². The number of nitrogens with zero attached hydrogens (tertiary/aromatic N) is 3. The number of rotatable bonds is 5. The number of aromatic nitrogens is 2. The van der Waals surface area contributed by atoms with Gasteiger partial charge in [-0.15, -0.1) is 0 Å². The van der Waals surface area contributed by atoms with Crippen LogP contribution in [0.5, 0.6) is 0 Å². The molecule has 5 nitrogen and oxygen atoms in total. The molecular formula is C21H29N5. The summed E-state index contributed by atoms with van der Waals surface area (Å²) in [4.78, 5) is 11.2. The fraction of sp³-hybridized carbons (Fsp3) is 0.524. The maximum Gasteiger partial charge on any atom is 0.135 e. The highest BCUT2D eigenvalue weighted by Gasteiger charge is 2.13. The summed E-state index contributed by atoms with van der Waals surface area (Å²) in [5.74, 6) is 1.76. The predicted molar refractivity (Wildman–Crippen MR) is 108 cm³/mol. The second kappa shape index (κ2) is 8.39. The zero-order valence-corrected chi connectivity index (χ0v) is 15.5. The Balaban J connectivity index is 1.38. The van der Waals surface area contributed by atoms with Gasteiger partial charge in [0, 0.05) is 36.6 Å². The molecule has 1 aromatic carbocycles. The van der Waals surface area contributed by atoms with Gasteiger partial charge in [-0.1, -0.05) is 25.7 Å². The van der Waals surface area contributed by atoms with Gasteiger partial charge in [-0.25, -0.2) is 9.97 Å². The van der Waals surface area contributed by atoms with Gasteiger partial charge in [0.15, 0.2) is 0 Å². The van der Waals surface area contributed by atoms with Crippen molar-refractivity contribution in [3.63, 3.8) is 0 Å². The Hall–Kier alpha value is -2.30. The SMILES string of the molecule is c1nc(Nc2ccc(N3CCCC3)cc2)cc(NC2CCCCCC2)n1. The molecule has 0 bridgehead atoms. The van der Waals surface area contributed by atoms with Crippen LogP contribution in [0.4, 0.5) is 23.0 Å². The Morgan fingerprint density at radius 2 is 1.50 bits per heavy atom. The molecule has 0 unspecified atom stereocenters. The average molecular weight is 351 g/mol. The molecule has 2 N–H and O–H groups in total. The number of anilines is 4. The summed E-state index contributed by atoms with van der Waals surface area (Å²) >= 11 is 0. The van der Waals surface area contributed by atoms with Crippen molar-refractivity contribution >= 4 is 23.0 Å². The van der Waals surface area contributed by atoms with Crippen molar-refractivity contribution in [2.45, 2.75) is 57.4 Å². The lowest BCUT2D eigenvalue weighted by molar-refractivity contribution is 0.617. The van der Waals surface area contributed by atoms with E-state index < -0.39 is 0 Å². The maximum absolute atomic E-state index is 4.40.